The quantitative estimate of drug-likeness (QED) is 0.698. The van der Waals surface area contributed by atoms with Crippen molar-refractivity contribution >= 4 is 17.5 Å². The average Bonchev–Trinajstić information content (AvgIpc) is 2.16. The van der Waals surface area contributed by atoms with Crippen LogP contribution in [0.4, 0.5) is 4.39 Å². The number of halogens is 1. The first-order valence-electron chi connectivity index (χ1n) is 4.49. The number of hydrogen-bond donors (Lipinski definition) is 0. The van der Waals surface area contributed by atoms with Gasteiger partial charge < -0.3 is 0 Å². The summed E-state index contributed by atoms with van der Waals surface area (Å²) >= 11 is 1.49. The molecule has 0 spiro atoms. The number of Topliss-reactive ketones (excluding diaryl/α,β-unsaturated/α-hetero) is 1. The Balaban J connectivity index is 2.54. The first-order chi connectivity index (χ1) is 6.72. The second kappa shape index (κ2) is 5.81. The van der Waals surface area contributed by atoms with Gasteiger partial charge in [-0.05, 0) is 24.6 Å². The van der Waals surface area contributed by atoms with Gasteiger partial charge in [0.2, 0.25) is 0 Å². The van der Waals surface area contributed by atoms with Crippen LogP contribution in [0.5, 0.6) is 0 Å². The van der Waals surface area contributed by atoms with E-state index in [0.717, 1.165) is 10.5 Å². The summed E-state index contributed by atoms with van der Waals surface area (Å²) in [6, 6.07) is 7.70. The molecule has 1 aromatic rings. The van der Waals surface area contributed by atoms with E-state index in [1.54, 1.807) is 6.92 Å². The summed E-state index contributed by atoms with van der Waals surface area (Å²) < 4.78 is 11.9. The van der Waals surface area contributed by atoms with E-state index >= 15 is 0 Å². The molecule has 0 amide bonds. The lowest BCUT2D eigenvalue weighted by atomic mass is 10.1. The van der Waals surface area contributed by atoms with Crippen LogP contribution in [-0.2, 0) is 11.2 Å². The average molecular weight is 212 g/mol. The molecule has 0 heterocycles. The van der Waals surface area contributed by atoms with Gasteiger partial charge in [0.05, 0.1) is 6.67 Å². The molecule has 14 heavy (non-hydrogen) atoms. The van der Waals surface area contributed by atoms with Crippen molar-refractivity contribution in [3.8, 4) is 0 Å². The van der Waals surface area contributed by atoms with Crippen LogP contribution < -0.4 is 0 Å². The largest absolute Gasteiger partial charge is 0.300 e. The molecule has 0 fully saturated rings. The number of rotatable bonds is 5. The number of alkyl halides is 1. The molecule has 1 nitrogen and oxygen atoms in total. The minimum Gasteiger partial charge on any atom is -0.300 e. The van der Waals surface area contributed by atoms with E-state index in [-0.39, 0.29) is 12.5 Å². The highest BCUT2D eigenvalue weighted by molar-refractivity contribution is 7.99. The monoisotopic (exact) mass is 212 g/mol. The van der Waals surface area contributed by atoms with E-state index in [2.05, 4.69) is 0 Å². The van der Waals surface area contributed by atoms with E-state index < -0.39 is 0 Å². The maximum atomic E-state index is 11.9. The van der Waals surface area contributed by atoms with Crippen LogP contribution >= 0.6 is 11.8 Å². The van der Waals surface area contributed by atoms with Crippen molar-refractivity contribution < 1.29 is 9.18 Å². The molecule has 0 bridgehead atoms. The summed E-state index contributed by atoms with van der Waals surface area (Å²) in [5.41, 5.74) is 1.02. The topological polar surface area (TPSA) is 17.1 Å². The van der Waals surface area contributed by atoms with Crippen molar-refractivity contribution in [2.45, 2.75) is 18.2 Å². The van der Waals surface area contributed by atoms with E-state index in [1.807, 2.05) is 24.3 Å². The molecule has 1 aromatic carbocycles. The molecule has 0 unspecified atom stereocenters. The van der Waals surface area contributed by atoms with E-state index in [9.17, 15) is 9.18 Å². The molecule has 0 aliphatic rings. The molecule has 0 N–H and O–H groups in total. The molecule has 3 heteroatoms. The Labute approximate surface area is 87.7 Å². The number of ketones is 1. The minimum atomic E-state index is -0.306. The van der Waals surface area contributed by atoms with Gasteiger partial charge in [0.15, 0.2) is 0 Å². The van der Waals surface area contributed by atoms with Crippen molar-refractivity contribution in [2.75, 3.05) is 12.4 Å². The van der Waals surface area contributed by atoms with Gasteiger partial charge in [0.25, 0.3) is 0 Å². The maximum Gasteiger partial charge on any atom is 0.134 e. The normalized spacial score (nSPS) is 10.1. The lowest BCUT2D eigenvalue weighted by Gasteiger charge is -2.01. The highest BCUT2D eigenvalue weighted by Gasteiger charge is 1.98. The Bertz CT molecular complexity index is 295. The number of hydrogen-bond acceptors (Lipinski definition) is 2. The fraction of sp³-hybridized carbons (Fsp3) is 0.364. The predicted molar refractivity (Wildman–Crippen MR) is 57.5 cm³/mol. The van der Waals surface area contributed by atoms with Crippen LogP contribution in [0.1, 0.15) is 12.5 Å². The Morgan fingerprint density at radius 2 is 2.00 bits per heavy atom. The molecule has 0 saturated carbocycles. The molecular formula is C11H13FOS. The summed E-state index contributed by atoms with van der Waals surface area (Å²) in [4.78, 5) is 11.9. The maximum absolute atomic E-state index is 11.9. The van der Waals surface area contributed by atoms with E-state index in [4.69, 9.17) is 0 Å². The number of thioether (sulfide) groups is 1. The second-order valence-corrected chi connectivity index (χ2v) is 4.23. The summed E-state index contributed by atoms with van der Waals surface area (Å²) in [5, 5.41) is 0. The van der Waals surface area contributed by atoms with Gasteiger partial charge in [0, 0.05) is 17.1 Å². The Morgan fingerprint density at radius 1 is 1.36 bits per heavy atom. The van der Waals surface area contributed by atoms with Crippen LogP contribution in [0.3, 0.4) is 0 Å². The van der Waals surface area contributed by atoms with Crippen molar-refractivity contribution in [1.29, 1.82) is 0 Å². The van der Waals surface area contributed by atoms with Crippen LogP contribution in [0.2, 0.25) is 0 Å². The molecule has 0 saturated heterocycles. The van der Waals surface area contributed by atoms with Crippen molar-refractivity contribution in [2.24, 2.45) is 0 Å². The lowest BCUT2D eigenvalue weighted by Crippen LogP contribution is -1.95. The Hall–Kier alpha value is -0.830. The van der Waals surface area contributed by atoms with Crippen LogP contribution in [0.25, 0.3) is 0 Å². The highest BCUT2D eigenvalue weighted by atomic mass is 32.2. The highest BCUT2D eigenvalue weighted by Crippen LogP contribution is 2.18. The van der Waals surface area contributed by atoms with Gasteiger partial charge in [-0.3, -0.25) is 9.18 Å². The molecule has 1 rings (SSSR count). The summed E-state index contributed by atoms with van der Waals surface area (Å²) in [6.45, 7) is 1.27. The number of benzene rings is 1. The van der Waals surface area contributed by atoms with E-state index in [1.165, 1.54) is 11.8 Å². The molecule has 0 atom stereocenters. The molecular weight excluding hydrogens is 199 g/mol. The first-order valence-corrected chi connectivity index (χ1v) is 5.48. The van der Waals surface area contributed by atoms with Gasteiger partial charge in [-0.15, -0.1) is 11.8 Å². The zero-order chi connectivity index (χ0) is 10.4. The van der Waals surface area contributed by atoms with Gasteiger partial charge in [-0.2, -0.15) is 0 Å². The SMILES string of the molecule is CC(=O)Cc1ccc(SCCF)cc1. The number of carbonyl (C=O) groups excluding carboxylic acids is 1. The number of carbonyl (C=O) groups is 1. The Kier molecular flexibility index (Phi) is 4.66. The van der Waals surface area contributed by atoms with E-state index in [0.29, 0.717) is 12.2 Å². The summed E-state index contributed by atoms with van der Waals surface area (Å²) in [5.74, 6) is 0.653. The molecule has 0 aromatic heterocycles. The van der Waals surface area contributed by atoms with Gasteiger partial charge >= 0.3 is 0 Å². The molecule has 0 aliphatic carbocycles. The van der Waals surface area contributed by atoms with Gasteiger partial charge in [0.1, 0.15) is 5.78 Å². The summed E-state index contributed by atoms with van der Waals surface area (Å²) in [7, 11) is 0. The van der Waals surface area contributed by atoms with Crippen molar-refractivity contribution in [1.82, 2.24) is 0 Å². The zero-order valence-electron chi connectivity index (χ0n) is 8.13. The summed E-state index contributed by atoms with van der Waals surface area (Å²) in [6.07, 6.45) is 0.480. The van der Waals surface area contributed by atoms with Gasteiger partial charge in [-0.1, -0.05) is 12.1 Å². The molecule has 0 aliphatic heterocycles. The second-order valence-electron chi connectivity index (χ2n) is 3.06. The Morgan fingerprint density at radius 3 is 2.50 bits per heavy atom. The smallest absolute Gasteiger partial charge is 0.134 e. The standard InChI is InChI=1S/C11H13FOS/c1-9(13)8-10-2-4-11(5-3-10)14-7-6-12/h2-5H,6-8H2,1H3. The van der Waals surface area contributed by atoms with Crippen LogP contribution in [-0.4, -0.2) is 18.2 Å². The third-order valence-electron chi connectivity index (χ3n) is 1.72. The first kappa shape index (κ1) is 11.2. The fourth-order valence-electron chi connectivity index (χ4n) is 1.15. The van der Waals surface area contributed by atoms with Crippen molar-refractivity contribution in [3.63, 3.8) is 0 Å². The predicted octanol–water partition coefficient (Wildman–Crippen LogP) is 2.88. The molecule has 76 valence electrons. The van der Waals surface area contributed by atoms with Gasteiger partial charge in [-0.25, -0.2) is 0 Å². The van der Waals surface area contributed by atoms with Crippen LogP contribution in [0.15, 0.2) is 29.2 Å². The van der Waals surface area contributed by atoms with Crippen LogP contribution in [0, 0.1) is 0 Å². The fourth-order valence-corrected chi connectivity index (χ4v) is 1.79. The minimum absolute atomic E-state index is 0.161. The third-order valence-corrected chi connectivity index (χ3v) is 2.69. The third kappa shape index (κ3) is 3.92. The zero-order valence-corrected chi connectivity index (χ0v) is 8.94. The van der Waals surface area contributed by atoms with Crippen molar-refractivity contribution in [3.05, 3.63) is 29.8 Å². The lowest BCUT2D eigenvalue weighted by molar-refractivity contribution is -0.116. The molecule has 0 radical (unpaired) electrons.